The van der Waals surface area contributed by atoms with E-state index >= 15 is 0 Å². The van der Waals surface area contributed by atoms with E-state index in [-0.39, 0.29) is 25.5 Å². The number of morpholine rings is 1. The Bertz CT molecular complexity index is 636. The molecule has 2 rings (SSSR count). The summed E-state index contributed by atoms with van der Waals surface area (Å²) in [5.74, 6) is -1.98. The van der Waals surface area contributed by atoms with Gasteiger partial charge in [0.15, 0.2) is 0 Å². The molecule has 28 heavy (non-hydrogen) atoms. The van der Waals surface area contributed by atoms with Gasteiger partial charge >= 0.3 is 11.9 Å². The molecular weight excluding hydrogens is 368 g/mol. The van der Waals surface area contributed by atoms with Crippen LogP contribution in [0.25, 0.3) is 0 Å². The summed E-state index contributed by atoms with van der Waals surface area (Å²) in [6.07, 6.45) is 5.33. The maximum absolute atomic E-state index is 11.6. The highest BCUT2D eigenvalue weighted by Crippen LogP contribution is 2.13. The zero-order valence-corrected chi connectivity index (χ0v) is 15.8. The van der Waals surface area contributed by atoms with Crippen molar-refractivity contribution in [1.82, 2.24) is 10.2 Å². The summed E-state index contributed by atoms with van der Waals surface area (Å²) >= 11 is 0. The van der Waals surface area contributed by atoms with Gasteiger partial charge in [0.25, 0.3) is 5.91 Å². The second-order valence-electron chi connectivity index (χ2n) is 6.47. The molecule has 154 valence electrons. The van der Waals surface area contributed by atoms with Gasteiger partial charge in [0.1, 0.15) is 0 Å². The van der Waals surface area contributed by atoms with Crippen molar-refractivity contribution in [3.05, 3.63) is 23.8 Å². The van der Waals surface area contributed by atoms with Crippen LogP contribution in [-0.2, 0) is 33.4 Å². The summed E-state index contributed by atoms with van der Waals surface area (Å²) in [7, 11) is 0. The molecule has 0 radical (unpaired) electrons. The van der Waals surface area contributed by atoms with Crippen molar-refractivity contribution < 1.29 is 33.4 Å². The Hall–Kier alpha value is -2.52. The Morgan fingerprint density at radius 2 is 1.71 bits per heavy atom. The zero-order chi connectivity index (χ0) is 20.2. The van der Waals surface area contributed by atoms with E-state index in [1.54, 1.807) is 0 Å². The zero-order valence-electron chi connectivity index (χ0n) is 15.8. The number of hydrogen-bond acceptors (Lipinski definition) is 8. The number of esters is 2. The van der Waals surface area contributed by atoms with E-state index in [2.05, 4.69) is 10.2 Å². The molecule has 0 saturated carbocycles. The molecule has 2 aliphatic heterocycles. The maximum atomic E-state index is 11.6. The Balaban J connectivity index is 1.51. The van der Waals surface area contributed by atoms with Gasteiger partial charge in [-0.1, -0.05) is 5.57 Å². The minimum Gasteiger partial charge on any atom is -0.463 e. The second-order valence-corrected chi connectivity index (χ2v) is 6.47. The van der Waals surface area contributed by atoms with Gasteiger partial charge in [0, 0.05) is 44.3 Å². The van der Waals surface area contributed by atoms with Crippen molar-refractivity contribution in [2.24, 2.45) is 0 Å². The Kier molecular flexibility index (Phi) is 9.36. The van der Waals surface area contributed by atoms with Gasteiger partial charge in [-0.15, -0.1) is 0 Å². The molecule has 1 saturated heterocycles. The summed E-state index contributed by atoms with van der Waals surface area (Å²) < 4.78 is 15.3. The molecule has 0 unspecified atom stereocenters. The lowest BCUT2D eigenvalue weighted by atomic mass is 10.0. The Morgan fingerprint density at radius 3 is 2.36 bits per heavy atom. The molecule has 9 heteroatoms. The van der Waals surface area contributed by atoms with E-state index in [1.165, 1.54) is 6.08 Å². The number of rotatable bonds is 10. The van der Waals surface area contributed by atoms with Crippen LogP contribution in [-0.4, -0.2) is 74.7 Å². The first-order valence-electron chi connectivity index (χ1n) is 9.38. The summed E-state index contributed by atoms with van der Waals surface area (Å²) in [5, 5.41) is 2.18. The molecular formula is C19H26N2O7. The molecule has 9 nitrogen and oxygen atoms in total. The lowest BCUT2D eigenvalue weighted by Gasteiger charge is -2.26. The average Bonchev–Trinajstić information content (AvgIpc) is 2.67. The highest BCUT2D eigenvalue weighted by molar-refractivity contribution is 6.05. The van der Waals surface area contributed by atoms with Crippen LogP contribution in [0.2, 0.25) is 0 Å². The SMILES string of the molecule is O=C1C=C(CCCOC(=O)/C=C/C(=O)OCCCN2CCOCC2)CC(=O)N1. The minimum atomic E-state index is -0.642. The fraction of sp³-hybridized carbons (Fsp3) is 0.579. The summed E-state index contributed by atoms with van der Waals surface area (Å²) in [4.78, 5) is 47.8. The normalized spacial score (nSPS) is 17.9. The number of hydrogen-bond donors (Lipinski definition) is 1. The van der Waals surface area contributed by atoms with Gasteiger partial charge in [-0.05, 0) is 19.3 Å². The van der Waals surface area contributed by atoms with Crippen molar-refractivity contribution in [1.29, 1.82) is 0 Å². The van der Waals surface area contributed by atoms with E-state index in [4.69, 9.17) is 14.2 Å². The first-order valence-corrected chi connectivity index (χ1v) is 9.38. The number of carbonyl (C=O) groups is 4. The monoisotopic (exact) mass is 394 g/mol. The van der Waals surface area contributed by atoms with E-state index in [1.807, 2.05) is 0 Å². The van der Waals surface area contributed by atoms with Gasteiger partial charge in [-0.2, -0.15) is 0 Å². The molecule has 2 aliphatic rings. The van der Waals surface area contributed by atoms with Gasteiger partial charge in [-0.3, -0.25) is 19.8 Å². The van der Waals surface area contributed by atoms with Gasteiger partial charge in [0.2, 0.25) is 5.91 Å². The minimum absolute atomic E-state index is 0.130. The number of amides is 2. The highest BCUT2D eigenvalue weighted by Gasteiger charge is 2.15. The first kappa shape index (κ1) is 21.8. The first-order chi connectivity index (χ1) is 13.5. The third-order valence-corrected chi connectivity index (χ3v) is 4.19. The molecule has 1 N–H and O–H groups in total. The van der Waals surface area contributed by atoms with Crippen LogP contribution in [0, 0.1) is 0 Å². The Labute approximate surface area is 163 Å². The maximum Gasteiger partial charge on any atom is 0.331 e. The number of nitrogens with zero attached hydrogens (tertiary/aromatic N) is 1. The molecule has 0 aromatic rings. The van der Waals surface area contributed by atoms with E-state index < -0.39 is 17.8 Å². The van der Waals surface area contributed by atoms with Gasteiger partial charge in [0.05, 0.1) is 26.4 Å². The predicted molar refractivity (Wildman–Crippen MR) is 98.0 cm³/mol. The van der Waals surface area contributed by atoms with E-state index in [9.17, 15) is 19.2 Å². The lowest BCUT2D eigenvalue weighted by Crippen LogP contribution is -2.37. The van der Waals surface area contributed by atoms with Crippen LogP contribution in [0.1, 0.15) is 25.7 Å². The number of ether oxygens (including phenoxy) is 3. The molecule has 0 aromatic carbocycles. The summed E-state index contributed by atoms with van der Waals surface area (Å²) in [6, 6.07) is 0. The van der Waals surface area contributed by atoms with Crippen LogP contribution in [0.5, 0.6) is 0 Å². The van der Waals surface area contributed by atoms with Crippen LogP contribution in [0.4, 0.5) is 0 Å². The highest BCUT2D eigenvalue weighted by atomic mass is 16.5. The van der Waals surface area contributed by atoms with Crippen molar-refractivity contribution >= 4 is 23.8 Å². The van der Waals surface area contributed by atoms with Crippen molar-refractivity contribution in [2.45, 2.75) is 25.7 Å². The van der Waals surface area contributed by atoms with Gasteiger partial charge < -0.3 is 14.2 Å². The number of nitrogens with one attached hydrogen (secondary N) is 1. The molecule has 1 fully saturated rings. The summed E-state index contributed by atoms with van der Waals surface area (Å²) in [5.41, 5.74) is 0.709. The average molecular weight is 394 g/mol. The molecule has 0 aromatic heterocycles. The van der Waals surface area contributed by atoms with Crippen LogP contribution >= 0.6 is 0 Å². The van der Waals surface area contributed by atoms with Crippen molar-refractivity contribution in [3.8, 4) is 0 Å². The van der Waals surface area contributed by atoms with Crippen molar-refractivity contribution in [3.63, 3.8) is 0 Å². The third kappa shape index (κ3) is 8.92. The summed E-state index contributed by atoms with van der Waals surface area (Å²) in [6.45, 7) is 4.50. The smallest absolute Gasteiger partial charge is 0.331 e. The molecule has 0 atom stereocenters. The van der Waals surface area contributed by atoms with E-state index in [0.717, 1.165) is 51.4 Å². The van der Waals surface area contributed by atoms with Crippen LogP contribution < -0.4 is 5.32 Å². The van der Waals surface area contributed by atoms with Crippen LogP contribution in [0.15, 0.2) is 23.8 Å². The third-order valence-electron chi connectivity index (χ3n) is 4.19. The largest absolute Gasteiger partial charge is 0.463 e. The molecule has 0 bridgehead atoms. The van der Waals surface area contributed by atoms with E-state index in [0.29, 0.717) is 18.4 Å². The second kappa shape index (κ2) is 12.0. The molecule has 0 spiro atoms. The lowest BCUT2D eigenvalue weighted by molar-refractivity contribution is -0.140. The number of imide groups is 1. The van der Waals surface area contributed by atoms with Gasteiger partial charge in [-0.25, -0.2) is 9.59 Å². The Morgan fingerprint density at radius 1 is 1.07 bits per heavy atom. The molecule has 2 amide bonds. The fourth-order valence-corrected chi connectivity index (χ4v) is 2.81. The predicted octanol–water partition coefficient (Wildman–Crippen LogP) is 0.104. The fourth-order valence-electron chi connectivity index (χ4n) is 2.81. The topological polar surface area (TPSA) is 111 Å². The molecule has 2 heterocycles. The standard InChI is InChI=1S/C19H26N2O7/c22-16-13-15(14-17(23)20-16)3-1-9-27-18(24)4-5-19(25)28-10-2-6-21-7-11-26-12-8-21/h4-5,13H,1-3,6-12,14H2,(H,20,22,23)/b5-4+. The number of carbonyl (C=O) groups excluding carboxylic acids is 4. The quantitative estimate of drug-likeness (QED) is 0.240. The molecule has 0 aliphatic carbocycles. The van der Waals surface area contributed by atoms with Crippen molar-refractivity contribution in [2.75, 3.05) is 46.1 Å². The van der Waals surface area contributed by atoms with Crippen LogP contribution in [0.3, 0.4) is 0 Å².